The number of aryl methyl sites for hydroxylation is 1. The van der Waals surface area contributed by atoms with Gasteiger partial charge in [-0.05, 0) is 44.5 Å². The Balaban J connectivity index is 2.41. The normalized spacial score (nSPS) is 24.6. The third-order valence-corrected chi connectivity index (χ3v) is 5.81. The molecule has 1 saturated heterocycles. The van der Waals surface area contributed by atoms with Gasteiger partial charge in [-0.3, -0.25) is 0 Å². The number of benzene rings is 1. The molecule has 1 aromatic carbocycles. The Morgan fingerprint density at radius 3 is 2.35 bits per heavy atom. The summed E-state index contributed by atoms with van der Waals surface area (Å²) in [6.07, 6.45) is 0. The van der Waals surface area contributed by atoms with E-state index in [1.54, 1.807) is 29.6 Å². The van der Waals surface area contributed by atoms with Gasteiger partial charge < -0.3 is 10.1 Å². The monoisotopic (exact) mass is 298 g/mol. The fourth-order valence-corrected chi connectivity index (χ4v) is 4.63. The van der Waals surface area contributed by atoms with E-state index in [1.807, 2.05) is 20.8 Å². The van der Waals surface area contributed by atoms with Crippen LogP contribution in [0.1, 0.15) is 19.4 Å². The zero-order chi connectivity index (χ0) is 14.9. The molecule has 0 aromatic heterocycles. The van der Waals surface area contributed by atoms with Gasteiger partial charge in [0, 0.05) is 25.2 Å². The summed E-state index contributed by atoms with van der Waals surface area (Å²) in [6.45, 7) is 7.06. The highest BCUT2D eigenvalue weighted by Crippen LogP contribution is 2.26. The van der Waals surface area contributed by atoms with Gasteiger partial charge in [-0.2, -0.15) is 4.31 Å². The lowest BCUT2D eigenvalue weighted by Gasteiger charge is -2.38. The Morgan fingerprint density at radius 2 is 1.85 bits per heavy atom. The van der Waals surface area contributed by atoms with Crippen LogP contribution < -0.4 is 10.1 Å². The molecule has 2 unspecified atom stereocenters. The van der Waals surface area contributed by atoms with Gasteiger partial charge in [0.1, 0.15) is 5.75 Å². The van der Waals surface area contributed by atoms with Gasteiger partial charge in [0.25, 0.3) is 0 Å². The largest absolute Gasteiger partial charge is 0.496 e. The summed E-state index contributed by atoms with van der Waals surface area (Å²) in [5.41, 5.74) is 0.823. The van der Waals surface area contributed by atoms with Gasteiger partial charge in [-0.25, -0.2) is 8.42 Å². The standard InChI is InChI=1S/C14H22N2O3S/c1-10-7-13(5-6-14(10)19-4)20(17,18)16-11(2)8-15-9-12(16)3/h5-7,11-12,15H,8-9H2,1-4H3. The molecule has 112 valence electrons. The Hall–Kier alpha value is -1.11. The molecule has 1 aromatic rings. The topological polar surface area (TPSA) is 58.6 Å². The van der Waals surface area contributed by atoms with Crippen LogP contribution in [0, 0.1) is 6.92 Å². The Bertz CT molecular complexity index is 576. The molecule has 6 heteroatoms. The summed E-state index contributed by atoms with van der Waals surface area (Å²) < 4.78 is 32.4. The third kappa shape index (κ3) is 2.68. The van der Waals surface area contributed by atoms with Crippen LogP contribution in [0.5, 0.6) is 5.75 Å². The zero-order valence-electron chi connectivity index (χ0n) is 12.4. The second kappa shape index (κ2) is 5.71. The Kier molecular flexibility index (Phi) is 4.36. The molecule has 2 atom stereocenters. The lowest BCUT2D eigenvalue weighted by Crippen LogP contribution is -2.57. The molecule has 20 heavy (non-hydrogen) atoms. The first kappa shape index (κ1) is 15.3. The molecule has 2 rings (SSSR count). The fraction of sp³-hybridized carbons (Fsp3) is 0.571. The third-order valence-electron chi connectivity index (χ3n) is 3.69. The highest BCUT2D eigenvalue weighted by atomic mass is 32.2. The fourth-order valence-electron chi connectivity index (χ4n) is 2.72. The van der Waals surface area contributed by atoms with Gasteiger partial charge in [-0.15, -0.1) is 0 Å². The Morgan fingerprint density at radius 1 is 1.25 bits per heavy atom. The lowest BCUT2D eigenvalue weighted by atomic mass is 10.2. The van der Waals surface area contributed by atoms with Crippen LogP contribution in [0.2, 0.25) is 0 Å². The number of nitrogens with one attached hydrogen (secondary N) is 1. The molecule has 0 aliphatic carbocycles. The first-order valence-corrected chi connectivity index (χ1v) is 8.21. The van der Waals surface area contributed by atoms with E-state index >= 15 is 0 Å². The smallest absolute Gasteiger partial charge is 0.243 e. The average Bonchev–Trinajstić information content (AvgIpc) is 2.38. The van der Waals surface area contributed by atoms with E-state index in [1.165, 1.54) is 0 Å². The lowest BCUT2D eigenvalue weighted by molar-refractivity contribution is 0.220. The molecular weight excluding hydrogens is 276 g/mol. The van der Waals surface area contributed by atoms with Crippen LogP contribution in [-0.2, 0) is 10.0 Å². The molecule has 1 aliphatic heterocycles. The predicted molar refractivity (Wildman–Crippen MR) is 78.5 cm³/mol. The maximum absolute atomic E-state index is 12.8. The summed E-state index contributed by atoms with van der Waals surface area (Å²) in [5.74, 6) is 0.699. The summed E-state index contributed by atoms with van der Waals surface area (Å²) in [7, 11) is -1.89. The van der Waals surface area contributed by atoms with Crippen molar-refractivity contribution < 1.29 is 13.2 Å². The second-order valence-electron chi connectivity index (χ2n) is 5.32. The minimum absolute atomic E-state index is 0.0499. The first-order chi connectivity index (χ1) is 9.37. The van der Waals surface area contributed by atoms with E-state index in [4.69, 9.17) is 4.74 Å². The molecule has 0 spiro atoms. The molecule has 5 nitrogen and oxygen atoms in total. The number of methoxy groups -OCH3 is 1. The van der Waals surface area contributed by atoms with Crippen molar-refractivity contribution in [3.8, 4) is 5.75 Å². The van der Waals surface area contributed by atoms with Gasteiger partial charge in [0.05, 0.1) is 12.0 Å². The number of rotatable bonds is 3. The van der Waals surface area contributed by atoms with Crippen molar-refractivity contribution >= 4 is 10.0 Å². The molecule has 1 fully saturated rings. The quantitative estimate of drug-likeness (QED) is 0.916. The molecule has 0 bridgehead atoms. The maximum atomic E-state index is 12.8. The minimum atomic E-state index is -3.47. The Labute approximate surface area is 121 Å². The van der Waals surface area contributed by atoms with Crippen molar-refractivity contribution in [2.24, 2.45) is 0 Å². The van der Waals surface area contributed by atoms with Crippen molar-refractivity contribution in [1.82, 2.24) is 9.62 Å². The number of nitrogens with zero attached hydrogens (tertiary/aromatic N) is 1. The van der Waals surface area contributed by atoms with Crippen molar-refractivity contribution in [2.45, 2.75) is 37.8 Å². The van der Waals surface area contributed by atoms with E-state index in [2.05, 4.69) is 5.32 Å². The molecule has 1 heterocycles. The van der Waals surface area contributed by atoms with E-state index in [9.17, 15) is 8.42 Å². The van der Waals surface area contributed by atoms with Gasteiger partial charge in [0.15, 0.2) is 0 Å². The van der Waals surface area contributed by atoms with Gasteiger partial charge in [0.2, 0.25) is 10.0 Å². The minimum Gasteiger partial charge on any atom is -0.496 e. The van der Waals surface area contributed by atoms with Crippen LogP contribution in [-0.4, -0.2) is 45.0 Å². The number of ether oxygens (including phenoxy) is 1. The molecule has 0 radical (unpaired) electrons. The molecule has 1 aliphatic rings. The van der Waals surface area contributed by atoms with Crippen molar-refractivity contribution in [3.63, 3.8) is 0 Å². The van der Waals surface area contributed by atoms with Crippen LogP contribution >= 0.6 is 0 Å². The molecule has 0 amide bonds. The zero-order valence-corrected chi connectivity index (χ0v) is 13.2. The summed E-state index contributed by atoms with van der Waals surface area (Å²) in [6, 6.07) is 4.90. The maximum Gasteiger partial charge on any atom is 0.243 e. The SMILES string of the molecule is COc1ccc(S(=O)(=O)N2C(C)CNCC2C)cc1C. The van der Waals surface area contributed by atoms with Crippen molar-refractivity contribution in [2.75, 3.05) is 20.2 Å². The predicted octanol–water partition coefficient (Wildman–Crippen LogP) is 1.37. The van der Waals surface area contributed by atoms with Gasteiger partial charge in [-0.1, -0.05) is 0 Å². The number of hydrogen-bond acceptors (Lipinski definition) is 4. The van der Waals surface area contributed by atoms with E-state index in [-0.39, 0.29) is 12.1 Å². The summed E-state index contributed by atoms with van der Waals surface area (Å²) in [5, 5.41) is 3.24. The second-order valence-corrected chi connectivity index (χ2v) is 7.17. The number of sulfonamides is 1. The summed E-state index contributed by atoms with van der Waals surface area (Å²) in [4.78, 5) is 0.330. The molecule has 0 saturated carbocycles. The molecular formula is C14H22N2O3S. The van der Waals surface area contributed by atoms with E-state index in [0.717, 1.165) is 5.56 Å². The highest BCUT2D eigenvalue weighted by molar-refractivity contribution is 7.89. The van der Waals surface area contributed by atoms with Crippen LogP contribution in [0.25, 0.3) is 0 Å². The first-order valence-electron chi connectivity index (χ1n) is 6.77. The molecule has 1 N–H and O–H groups in total. The van der Waals surface area contributed by atoms with Crippen molar-refractivity contribution in [1.29, 1.82) is 0 Å². The number of hydrogen-bond donors (Lipinski definition) is 1. The van der Waals surface area contributed by atoms with Gasteiger partial charge >= 0.3 is 0 Å². The van der Waals surface area contributed by atoms with Crippen LogP contribution in [0.15, 0.2) is 23.1 Å². The summed E-state index contributed by atoms with van der Waals surface area (Å²) >= 11 is 0. The number of piperazine rings is 1. The van der Waals surface area contributed by atoms with Crippen LogP contribution in [0.3, 0.4) is 0 Å². The van der Waals surface area contributed by atoms with Crippen molar-refractivity contribution in [3.05, 3.63) is 23.8 Å². The highest BCUT2D eigenvalue weighted by Gasteiger charge is 2.35. The van der Waals surface area contributed by atoms with E-state index in [0.29, 0.717) is 23.7 Å². The van der Waals surface area contributed by atoms with E-state index < -0.39 is 10.0 Å². The average molecular weight is 298 g/mol. The van der Waals surface area contributed by atoms with Crippen LogP contribution in [0.4, 0.5) is 0 Å².